The molecule has 0 bridgehead atoms. The number of nitrogens with zero attached hydrogens (tertiary/aromatic N) is 1. The number of hydrogen-bond donors (Lipinski definition) is 1. The standard InChI is InChI=1S/C18H25NO3/c1-14(2)18(20)13-19(12-17-5-4-10-22-17)11-15-6-8-16(21-3)9-7-15/h4-10,14,18,20H,11-13H2,1-3H3/t18-/m1/s1. The third-order valence-corrected chi connectivity index (χ3v) is 3.74. The Labute approximate surface area is 132 Å². The molecule has 1 aromatic carbocycles. The van der Waals surface area contributed by atoms with Crippen molar-refractivity contribution >= 4 is 0 Å². The van der Waals surface area contributed by atoms with Crippen LogP contribution < -0.4 is 4.74 Å². The second kappa shape index (κ2) is 8.01. The Hall–Kier alpha value is -1.78. The number of aliphatic hydroxyl groups is 1. The van der Waals surface area contributed by atoms with Gasteiger partial charge in [0.25, 0.3) is 0 Å². The van der Waals surface area contributed by atoms with Gasteiger partial charge in [-0.2, -0.15) is 0 Å². The molecular weight excluding hydrogens is 278 g/mol. The van der Waals surface area contributed by atoms with E-state index in [-0.39, 0.29) is 12.0 Å². The number of hydrogen-bond acceptors (Lipinski definition) is 4. The molecule has 4 nitrogen and oxygen atoms in total. The number of benzene rings is 1. The van der Waals surface area contributed by atoms with Gasteiger partial charge in [-0.3, -0.25) is 4.90 Å². The molecule has 0 saturated heterocycles. The molecule has 0 aliphatic carbocycles. The van der Waals surface area contributed by atoms with E-state index in [2.05, 4.69) is 17.0 Å². The summed E-state index contributed by atoms with van der Waals surface area (Å²) in [5, 5.41) is 10.2. The highest BCUT2D eigenvalue weighted by molar-refractivity contribution is 5.27. The van der Waals surface area contributed by atoms with E-state index >= 15 is 0 Å². The first-order valence-corrected chi connectivity index (χ1v) is 7.64. The summed E-state index contributed by atoms with van der Waals surface area (Å²) in [4.78, 5) is 2.20. The van der Waals surface area contributed by atoms with Crippen LogP contribution in [0.5, 0.6) is 5.75 Å². The van der Waals surface area contributed by atoms with Crippen LogP contribution in [0.25, 0.3) is 0 Å². The predicted molar refractivity (Wildman–Crippen MR) is 86.7 cm³/mol. The van der Waals surface area contributed by atoms with Gasteiger partial charge < -0.3 is 14.3 Å². The zero-order chi connectivity index (χ0) is 15.9. The van der Waals surface area contributed by atoms with Crippen LogP contribution in [0.1, 0.15) is 25.2 Å². The highest BCUT2D eigenvalue weighted by atomic mass is 16.5. The molecule has 0 saturated carbocycles. The highest BCUT2D eigenvalue weighted by Crippen LogP contribution is 2.16. The summed E-state index contributed by atoms with van der Waals surface area (Å²) in [5.74, 6) is 1.99. The van der Waals surface area contributed by atoms with Crippen molar-refractivity contribution in [3.05, 3.63) is 54.0 Å². The lowest BCUT2D eigenvalue weighted by atomic mass is 10.1. The maximum atomic E-state index is 10.2. The topological polar surface area (TPSA) is 45.8 Å². The van der Waals surface area contributed by atoms with Gasteiger partial charge in [0.2, 0.25) is 0 Å². The highest BCUT2D eigenvalue weighted by Gasteiger charge is 2.16. The van der Waals surface area contributed by atoms with Crippen LogP contribution in [0, 0.1) is 5.92 Å². The van der Waals surface area contributed by atoms with Gasteiger partial charge in [0.1, 0.15) is 11.5 Å². The maximum Gasteiger partial charge on any atom is 0.118 e. The number of ether oxygens (including phenoxy) is 1. The van der Waals surface area contributed by atoms with Crippen molar-refractivity contribution in [3.63, 3.8) is 0 Å². The molecule has 22 heavy (non-hydrogen) atoms. The Balaban J connectivity index is 2.05. The molecule has 0 amide bonds. The molecule has 2 rings (SSSR count). The van der Waals surface area contributed by atoms with Crippen molar-refractivity contribution in [3.8, 4) is 5.75 Å². The summed E-state index contributed by atoms with van der Waals surface area (Å²) in [5.41, 5.74) is 1.18. The number of rotatable bonds is 8. The second-order valence-electron chi connectivity index (χ2n) is 5.91. The number of furan rings is 1. The van der Waals surface area contributed by atoms with Crippen molar-refractivity contribution in [2.45, 2.75) is 33.0 Å². The molecule has 1 heterocycles. The van der Waals surface area contributed by atoms with Gasteiger partial charge in [-0.1, -0.05) is 26.0 Å². The average molecular weight is 303 g/mol. The van der Waals surface area contributed by atoms with Crippen LogP contribution >= 0.6 is 0 Å². The Bertz CT molecular complexity index is 534. The molecule has 1 atom stereocenters. The van der Waals surface area contributed by atoms with E-state index in [1.807, 2.05) is 38.1 Å². The Morgan fingerprint density at radius 3 is 2.41 bits per heavy atom. The average Bonchev–Trinajstić information content (AvgIpc) is 3.00. The summed E-state index contributed by atoms with van der Waals surface area (Å²) in [6.07, 6.45) is 1.33. The summed E-state index contributed by atoms with van der Waals surface area (Å²) < 4.78 is 10.6. The van der Waals surface area contributed by atoms with Gasteiger partial charge in [0, 0.05) is 13.1 Å². The van der Waals surface area contributed by atoms with Gasteiger partial charge in [-0.15, -0.1) is 0 Å². The predicted octanol–water partition coefficient (Wildman–Crippen LogP) is 3.31. The summed E-state index contributed by atoms with van der Waals surface area (Å²) in [7, 11) is 1.66. The third kappa shape index (κ3) is 4.90. The van der Waals surface area contributed by atoms with E-state index in [9.17, 15) is 5.11 Å². The second-order valence-corrected chi connectivity index (χ2v) is 5.91. The van der Waals surface area contributed by atoms with Crippen molar-refractivity contribution in [2.24, 2.45) is 5.92 Å². The lowest BCUT2D eigenvalue weighted by Gasteiger charge is -2.26. The van der Waals surface area contributed by atoms with E-state index in [0.717, 1.165) is 18.1 Å². The molecule has 0 aliphatic heterocycles. The first kappa shape index (κ1) is 16.6. The zero-order valence-electron chi connectivity index (χ0n) is 13.5. The van der Waals surface area contributed by atoms with Gasteiger partial charge in [0.15, 0.2) is 0 Å². The van der Waals surface area contributed by atoms with Crippen LogP contribution in [0.2, 0.25) is 0 Å². The van der Waals surface area contributed by atoms with Gasteiger partial charge in [-0.05, 0) is 35.7 Å². The Kier molecular flexibility index (Phi) is 6.04. The first-order chi connectivity index (χ1) is 10.6. The lowest BCUT2D eigenvalue weighted by Crippen LogP contribution is -2.34. The molecular formula is C18H25NO3. The smallest absolute Gasteiger partial charge is 0.118 e. The molecule has 2 aromatic rings. The minimum Gasteiger partial charge on any atom is -0.497 e. The summed E-state index contributed by atoms with van der Waals surface area (Å²) in [6.45, 7) is 6.12. The summed E-state index contributed by atoms with van der Waals surface area (Å²) >= 11 is 0. The molecule has 1 N–H and O–H groups in total. The van der Waals surface area contributed by atoms with Crippen LogP contribution in [0.15, 0.2) is 47.1 Å². The van der Waals surface area contributed by atoms with Crippen LogP contribution in [0.3, 0.4) is 0 Å². The van der Waals surface area contributed by atoms with Crippen molar-refractivity contribution < 1.29 is 14.3 Å². The van der Waals surface area contributed by atoms with E-state index in [0.29, 0.717) is 13.1 Å². The molecule has 4 heteroatoms. The van der Waals surface area contributed by atoms with Crippen LogP contribution in [-0.4, -0.2) is 29.8 Å². The van der Waals surface area contributed by atoms with E-state index < -0.39 is 0 Å². The van der Waals surface area contributed by atoms with E-state index in [1.165, 1.54) is 5.56 Å². The number of aliphatic hydroxyl groups excluding tert-OH is 1. The Morgan fingerprint density at radius 1 is 1.14 bits per heavy atom. The Morgan fingerprint density at radius 2 is 1.86 bits per heavy atom. The minimum atomic E-state index is -0.354. The normalized spacial score (nSPS) is 12.8. The van der Waals surface area contributed by atoms with Crippen molar-refractivity contribution in [1.82, 2.24) is 4.90 Å². The van der Waals surface area contributed by atoms with Crippen LogP contribution in [0.4, 0.5) is 0 Å². The van der Waals surface area contributed by atoms with E-state index in [1.54, 1.807) is 13.4 Å². The largest absolute Gasteiger partial charge is 0.497 e. The molecule has 120 valence electrons. The monoisotopic (exact) mass is 303 g/mol. The molecule has 0 aliphatic rings. The SMILES string of the molecule is COc1ccc(CN(Cc2ccco2)C[C@@H](O)C(C)C)cc1. The number of methoxy groups -OCH3 is 1. The molecule has 1 aromatic heterocycles. The molecule has 0 fully saturated rings. The fourth-order valence-electron chi connectivity index (χ4n) is 2.27. The van der Waals surface area contributed by atoms with Gasteiger partial charge in [-0.25, -0.2) is 0 Å². The van der Waals surface area contributed by atoms with Crippen molar-refractivity contribution in [1.29, 1.82) is 0 Å². The maximum absolute atomic E-state index is 10.2. The van der Waals surface area contributed by atoms with E-state index in [4.69, 9.17) is 9.15 Å². The lowest BCUT2D eigenvalue weighted by molar-refractivity contribution is 0.0670. The fraction of sp³-hybridized carbons (Fsp3) is 0.444. The van der Waals surface area contributed by atoms with Crippen molar-refractivity contribution in [2.75, 3.05) is 13.7 Å². The quantitative estimate of drug-likeness (QED) is 0.812. The fourth-order valence-corrected chi connectivity index (χ4v) is 2.27. The third-order valence-electron chi connectivity index (χ3n) is 3.74. The molecule has 0 unspecified atom stereocenters. The molecule has 0 spiro atoms. The van der Waals surface area contributed by atoms with Gasteiger partial charge >= 0.3 is 0 Å². The van der Waals surface area contributed by atoms with Crippen LogP contribution in [-0.2, 0) is 13.1 Å². The first-order valence-electron chi connectivity index (χ1n) is 7.64. The summed E-state index contributed by atoms with van der Waals surface area (Å²) in [6, 6.07) is 11.9. The van der Waals surface area contributed by atoms with Gasteiger partial charge in [0.05, 0.1) is 26.0 Å². The molecule has 0 radical (unpaired) electrons. The minimum absolute atomic E-state index is 0.231. The zero-order valence-corrected chi connectivity index (χ0v) is 13.5.